The van der Waals surface area contributed by atoms with Gasteiger partial charge < -0.3 is 9.84 Å². The second-order valence-corrected chi connectivity index (χ2v) is 2.81. The van der Waals surface area contributed by atoms with Crippen LogP contribution in [0.15, 0.2) is 18.2 Å². The number of aliphatic hydroxyl groups is 1. The lowest BCUT2D eigenvalue weighted by atomic mass is 10.2. The number of benzene rings is 1. The number of ether oxygens (including phenoxy) is 1. The molecule has 1 aromatic carbocycles. The topological polar surface area (TPSA) is 29.5 Å². The standard InChI is InChI=1S/C8H6ClF3O2/c9-7-5(4-13)2-1-3-6(7)14-8(10,11)12/h1-3,13H,4H2. The van der Waals surface area contributed by atoms with Crippen LogP contribution >= 0.6 is 11.6 Å². The van der Waals surface area contributed by atoms with Crippen LogP contribution in [0, 0.1) is 0 Å². The number of halogens is 4. The van der Waals surface area contributed by atoms with E-state index < -0.39 is 18.7 Å². The minimum absolute atomic E-state index is 0.188. The molecular weight excluding hydrogens is 221 g/mol. The van der Waals surface area contributed by atoms with E-state index in [1.54, 1.807) is 0 Å². The van der Waals surface area contributed by atoms with Crippen molar-refractivity contribution < 1.29 is 23.0 Å². The summed E-state index contributed by atoms with van der Waals surface area (Å²) in [5, 5.41) is 8.49. The zero-order valence-electron chi connectivity index (χ0n) is 6.81. The van der Waals surface area contributed by atoms with Crippen LogP contribution in [0.1, 0.15) is 5.56 Å². The van der Waals surface area contributed by atoms with Crippen molar-refractivity contribution in [3.05, 3.63) is 28.8 Å². The van der Waals surface area contributed by atoms with Crippen molar-refractivity contribution in [1.82, 2.24) is 0 Å². The van der Waals surface area contributed by atoms with E-state index in [9.17, 15) is 13.2 Å². The molecule has 0 amide bonds. The Balaban J connectivity index is 2.98. The summed E-state index contributed by atoms with van der Waals surface area (Å²) in [6.07, 6.45) is -4.78. The molecule has 78 valence electrons. The van der Waals surface area contributed by atoms with Crippen molar-refractivity contribution in [2.45, 2.75) is 13.0 Å². The molecule has 14 heavy (non-hydrogen) atoms. The fourth-order valence-corrected chi connectivity index (χ4v) is 1.11. The molecule has 0 aromatic heterocycles. The van der Waals surface area contributed by atoms with Gasteiger partial charge in [0.05, 0.1) is 11.6 Å². The Morgan fingerprint density at radius 1 is 1.36 bits per heavy atom. The van der Waals surface area contributed by atoms with Crippen LogP contribution in [0.4, 0.5) is 13.2 Å². The summed E-state index contributed by atoms with van der Waals surface area (Å²) in [6.45, 7) is -0.437. The van der Waals surface area contributed by atoms with Crippen LogP contribution < -0.4 is 4.74 Å². The van der Waals surface area contributed by atoms with Crippen molar-refractivity contribution in [2.75, 3.05) is 0 Å². The predicted molar refractivity (Wildman–Crippen MR) is 44.1 cm³/mol. The second-order valence-electron chi connectivity index (χ2n) is 2.44. The first-order chi connectivity index (χ1) is 6.44. The second kappa shape index (κ2) is 4.06. The van der Waals surface area contributed by atoms with Crippen molar-refractivity contribution in [3.8, 4) is 5.75 Å². The highest BCUT2D eigenvalue weighted by atomic mass is 35.5. The summed E-state index contributed by atoms with van der Waals surface area (Å²) in [5.74, 6) is -0.509. The zero-order chi connectivity index (χ0) is 10.8. The first kappa shape index (κ1) is 11.1. The molecule has 0 unspecified atom stereocenters. The lowest BCUT2D eigenvalue weighted by Gasteiger charge is -2.11. The van der Waals surface area contributed by atoms with E-state index in [4.69, 9.17) is 16.7 Å². The van der Waals surface area contributed by atoms with Crippen LogP contribution in [0.2, 0.25) is 5.02 Å². The third kappa shape index (κ3) is 2.78. The van der Waals surface area contributed by atoms with Crippen LogP contribution in [0.25, 0.3) is 0 Å². The third-order valence-electron chi connectivity index (χ3n) is 1.44. The molecule has 0 saturated heterocycles. The molecule has 1 aromatic rings. The molecule has 0 aliphatic rings. The number of hydrogen-bond donors (Lipinski definition) is 1. The van der Waals surface area contributed by atoms with Crippen LogP contribution in [0.5, 0.6) is 5.75 Å². The first-order valence-electron chi connectivity index (χ1n) is 3.58. The molecule has 0 saturated carbocycles. The highest BCUT2D eigenvalue weighted by Gasteiger charge is 2.32. The number of aliphatic hydroxyl groups excluding tert-OH is 1. The Labute approximate surface area is 82.9 Å². The van der Waals surface area contributed by atoms with Gasteiger partial charge in [-0.3, -0.25) is 0 Å². The predicted octanol–water partition coefficient (Wildman–Crippen LogP) is 2.73. The summed E-state index contributed by atoms with van der Waals surface area (Å²) < 4.78 is 39.1. The maximum Gasteiger partial charge on any atom is 0.573 e. The summed E-state index contributed by atoms with van der Waals surface area (Å²) >= 11 is 5.53. The van der Waals surface area contributed by atoms with E-state index in [1.807, 2.05) is 0 Å². The van der Waals surface area contributed by atoms with E-state index in [1.165, 1.54) is 12.1 Å². The molecule has 2 nitrogen and oxygen atoms in total. The smallest absolute Gasteiger partial charge is 0.404 e. The molecular formula is C8H6ClF3O2. The number of hydrogen-bond acceptors (Lipinski definition) is 2. The maximum absolute atomic E-state index is 11.8. The van der Waals surface area contributed by atoms with Gasteiger partial charge in [0.2, 0.25) is 0 Å². The molecule has 0 fully saturated rings. The molecule has 1 N–H and O–H groups in total. The Morgan fingerprint density at radius 2 is 2.00 bits per heavy atom. The maximum atomic E-state index is 11.8. The van der Waals surface area contributed by atoms with E-state index in [2.05, 4.69) is 4.74 Å². The summed E-state index contributed by atoms with van der Waals surface area (Å²) in [6, 6.07) is 3.80. The molecule has 0 bridgehead atoms. The van der Waals surface area contributed by atoms with Crippen molar-refractivity contribution in [3.63, 3.8) is 0 Å². The molecule has 0 heterocycles. The third-order valence-corrected chi connectivity index (χ3v) is 1.87. The lowest BCUT2D eigenvalue weighted by Crippen LogP contribution is -2.17. The molecule has 0 atom stereocenters. The van der Waals surface area contributed by atoms with Crippen LogP contribution in [-0.4, -0.2) is 11.5 Å². The molecule has 1 rings (SSSR count). The van der Waals surface area contributed by atoms with Gasteiger partial charge in [0.1, 0.15) is 5.75 Å². The van der Waals surface area contributed by atoms with Crippen molar-refractivity contribution in [2.24, 2.45) is 0 Å². The normalized spacial score (nSPS) is 11.5. The highest BCUT2D eigenvalue weighted by Crippen LogP contribution is 2.32. The molecule has 0 aliphatic carbocycles. The number of rotatable bonds is 2. The summed E-state index contributed by atoms with van der Waals surface area (Å²) in [4.78, 5) is 0. The summed E-state index contributed by atoms with van der Waals surface area (Å²) in [5.41, 5.74) is 0.188. The van der Waals surface area contributed by atoms with Crippen molar-refractivity contribution >= 4 is 11.6 Å². The highest BCUT2D eigenvalue weighted by molar-refractivity contribution is 6.32. The SMILES string of the molecule is OCc1cccc(OC(F)(F)F)c1Cl. The van der Waals surface area contributed by atoms with E-state index in [-0.39, 0.29) is 10.6 Å². The zero-order valence-corrected chi connectivity index (χ0v) is 7.56. The van der Waals surface area contributed by atoms with Crippen molar-refractivity contribution in [1.29, 1.82) is 0 Å². The number of alkyl halides is 3. The van der Waals surface area contributed by atoms with Gasteiger partial charge in [-0.05, 0) is 11.6 Å². The van der Waals surface area contributed by atoms with E-state index in [0.29, 0.717) is 0 Å². The molecule has 6 heteroatoms. The fourth-order valence-electron chi connectivity index (χ4n) is 0.882. The first-order valence-corrected chi connectivity index (χ1v) is 3.96. The monoisotopic (exact) mass is 226 g/mol. The molecule has 0 radical (unpaired) electrons. The van der Waals surface area contributed by atoms with Gasteiger partial charge in [0.15, 0.2) is 0 Å². The lowest BCUT2D eigenvalue weighted by molar-refractivity contribution is -0.274. The summed E-state index contributed by atoms with van der Waals surface area (Å²) in [7, 11) is 0. The molecule has 0 aliphatic heterocycles. The minimum atomic E-state index is -4.78. The average Bonchev–Trinajstić information content (AvgIpc) is 2.06. The minimum Gasteiger partial charge on any atom is -0.404 e. The van der Waals surface area contributed by atoms with E-state index >= 15 is 0 Å². The average molecular weight is 227 g/mol. The Kier molecular flexibility index (Phi) is 3.23. The van der Waals surface area contributed by atoms with Gasteiger partial charge in [-0.15, -0.1) is 13.2 Å². The van der Waals surface area contributed by atoms with Crippen LogP contribution in [0.3, 0.4) is 0 Å². The van der Waals surface area contributed by atoms with Gasteiger partial charge in [-0.25, -0.2) is 0 Å². The van der Waals surface area contributed by atoms with Gasteiger partial charge in [-0.1, -0.05) is 23.7 Å². The van der Waals surface area contributed by atoms with Gasteiger partial charge in [0, 0.05) is 0 Å². The quantitative estimate of drug-likeness (QED) is 0.840. The van der Waals surface area contributed by atoms with Crippen LogP contribution in [-0.2, 0) is 6.61 Å². The van der Waals surface area contributed by atoms with Gasteiger partial charge in [0.25, 0.3) is 0 Å². The fraction of sp³-hybridized carbons (Fsp3) is 0.250. The van der Waals surface area contributed by atoms with Gasteiger partial charge >= 0.3 is 6.36 Å². The Hall–Kier alpha value is -0.940. The Morgan fingerprint density at radius 3 is 2.50 bits per heavy atom. The Bertz CT molecular complexity index is 325. The largest absolute Gasteiger partial charge is 0.573 e. The molecule has 0 spiro atoms. The van der Waals surface area contributed by atoms with Gasteiger partial charge in [-0.2, -0.15) is 0 Å². The van der Waals surface area contributed by atoms with E-state index in [0.717, 1.165) is 6.07 Å².